The van der Waals surface area contributed by atoms with E-state index in [9.17, 15) is 5.11 Å². The molecule has 0 aliphatic rings. The summed E-state index contributed by atoms with van der Waals surface area (Å²) in [6, 6.07) is 1.66. The standard InChI is InChI=1S/C9H15N3O/c1-2-9(13,6-10)7-5-12-4-3-8(7)11/h3-5,13H,2,6,10H2,1H3,(H2,11,12). The summed E-state index contributed by atoms with van der Waals surface area (Å²) in [5.41, 5.74) is 11.3. The van der Waals surface area contributed by atoms with E-state index < -0.39 is 5.60 Å². The highest BCUT2D eigenvalue weighted by Crippen LogP contribution is 2.27. The number of aromatic nitrogens is 1. The van der Waals surface area contributed by atoms with Gasteiger partial charge in [0.1, 0.15) is 5.60 Å². The van der Waals surface area contributed by atoms with Gasteiger partial charge in [0.2, 0.25) is 0 Å². The maximum Gasteiger partial charge on any atom is 0.105 e. The highest BCUT2D eigenvalue weighted by atomic mass is 16.3. The van der Waals surface area contributed by atoms with Crippen molar-refractivity contribution in [2.45, 2.75) is 18.9 Å². The van der Waals surface area contributed by atoms with Crippen LogP contribution in [0.1, 0.15) is 18.9 Å². The van der Waals surface area contributed by atoms with E-state index >= 15 is 0 Å². The molecule has 13 heavy (non-hydrogen) atoms. The van der Waals surface area contributed by atoms with E-state index in [1.54, 1.807) is 18.5 Å². The molecule has 1 unspecified atom stereocenters. The van der Waals surface area contributed by atoms with Crippen LogP contribution >= 0.6 is 0 Å². The van der Waals surface area contributed by atoms with Crippen molar-refractivity contribution in [1.29, 1.82) is 0 Å². The Balaban J connectivity index is 3.12. The van der Waals surface area contributed by atoms with Crippen LogP contribution in [-0.2, 0) is 5.60 Å². The average molecular weight is 181 g/mol. The Hall–Kier alpha value is -1.13. The van der Waals surface area contributed by atoms with E-state index in [-0.39, 0.29) is 6.54 Å². The Kier molecular flexibility index (Phi) is 2.85. The van der Waals surface area contributed by atoms with E-state index in [4.69, 9.17) is 11.5 Å². The summed E-state index contributed by atoms with van der Waals surface area (Å²) in [6.07, 6.45) is 3.68. The smallest absolute Gasteiger partial charge is 0.105 e. The molecular weight excluding hydrogens is 166 g/mol. The van der Waals surface area contributed by atoms with Gasteiger partial charge in [0, 0.05) is 30.2 Å². The summed E-state index contributed by atoms with van der Waals surface area (Å²) in [5, 5.41) is 10.0. The summed E-state index contributed by atoms with van der Waals surface area (Å²) < 4.78 is 0. The van der Waals surface area contributed by atoms with Crippen LogP contribution in [-0.4, -0.2) is 16.6 Å². The van der Waals surface area contributed by atoms with Gasteiger partial charge < -0.3 is 16.6 Å². The molecule has 0 radical (unpaired) electrons. The first-order chi connectivity index (χ1) is 6.14. The van der Waals surface area contributed by atoms with E-state index in [2.05, 4.69) is 4.98 Å². The molecule has 0 fully saturated rings. The third-order valence-corrected chi connectivity index (χ3v) is 2.28. The first-order valence-corrected chi connectivity index (χ1v) is 4.26. The molecule has 0 saturated heterocycles. The average Bonchev–Trinajstić information content (AvgIpc) is 2.17. The van der Waals surface area contributed by atoms with Crippen LogP contribution in [0.4, 0.5) is 5.69 Å². The topological polar surface area (TPSA) is 85.2 Å². The molecule has 0 saturated carbocycles. The zero-order chi connectivity index (χ0) is 9.90. The number of nitrogens with zero attached hydrogens (tertiary/aromatic N) is 1. The molecule has 1 heterocycles. The molecule has 4 nitrogen and oxygen atoms in total. The van der Waals surface area contributed by atoms with E-state index in [0.717, 1.165) is 0 Å². The van der Waals surface area contributed by atoms with Gasteiger partial charge in [-0.1, -0.05) is 6.92 Å². The van der Waals surface area contributed by atoms with E-state index in [1.807, 2.05) is 6.92 Å². The maximum atomic E-state index is 10.0. The van der Waals surface area contributed by atoms with Gasteiger partial charge in [0.05, 0.1) is 0 Å². The zero-order valence-corrected chi connectivity index (χ0v) is 7.70. The first kappa shape index (κ1) is 9.95. The molecule has 5 N–H and O–H groups in total. The summed E-state index contributed by atoms with van der Waals surface area (Å²) >= 11 is 0. The van der Waals surface area contributed by atoms with Crippen LogP contribution in [0.25, 0.3) is 0 Å². The number of rotatable bonds is 3. The lowest BCUT2D eigenvalue weighted by Gasteiger charge is -2.26. The molecule has 72 valence electrons. The van der Waals surface area contributed by atoms with Gasteiger partial charge in [0.25, 0.3) is 0 Å². The number of hydrogen-bond acceptors (Lipinski definition) is 4. The first-order valence-electron chi connectivity index (χ1n) is 4.26. The molecule has 0 spiro atoms. The van der Waals surface area contributed by atoms with Crippen molar-refractivity contribution in [2.75, 3.05) is 12.3 Å². The van der Waals surface area contributed by atoms with Gasteiger partial charge in [-0.05, 0) is 12.5 Å². The van der Waals surface area contributed by atoms with Gasteiger partial charge in [-0.3, -0.25) is 4.98 Å². The minimum absolute atomic E-state index is 0.152. The zero-order valence-electron chi connectivity index (χ0n) is 7.70. The third-order valence-electron chi connectivity index (χ3n) is 2.28. The van der Waals surface area contributed by atoms with Crippen LogP contribution < -0.4 is 11.5 Å². The fourth-order valence-corrected chi connectivity index (χ4v) is 1.24. The number of aliphatic hydroxyl groups is 1. The molecule has 4 heteroatoms. The highest BCUT2D eigenvalue weighted by molar-refractivity contribution is 5.47. The largest absolute Gasteiger partial charge is 0.398 e. The van der Waals surface area contributed by atoms with Gasteiger partial charge in [-0.2, -0.15) is 0 Å². The number of hydrogen-bond donors (Lipinski definition) is 3. The summed E-state index contributed by atoms with van der Waals surface area (Å²) in [7, 11) is 0. The van der Waals surface area contributed by atoms with Crippen LogP contribution in [0.3, 0.4) is 0 Å². The number of nitrogen functional groups attached to an aromatic ring is 1. The van der Waals surface area contributed by atoms with E-state index in [0.29, 0.717) is 17.7 Å². The minimum Gasteiger partial charge on any atom is -0.398 e. The van der Waals surface area contributed by atoms with Crippen LogP contribution in [0.15, 0.2) is 18.5 Å². The summed E-state index contributed by atoms with van der Waals surface area (Å²) in [5.74, 6) is 0. The number of pyridine rings is 1. The number of nitrogens with two attached hydrogens (primary N) is 2. The van der Waals surface area contributed by atoms with Crippen molar-refractivity contribution < 1.29 is 5.11 Å². The predicted octanol–water partition coefficient (Wildman–Crippen LogP) is 0.220. The Morgan fingerprint density at radius 2 is 2.31 bits per heavy atom. The fourth-order valence-electron chi connectivity index (χ4n) is 1.24. The summed E-state index contributed by atoms with van der Waals surface area (Å²) in [6.45, 7) is 2.01. The van der Waals surface area contributed by atoms with Crippen molar-refractivity contribution in [3.05, 3.63) is 24.0 Å². The Labute approximate surface area is 77.6 Å². The van der Waals surface area contributed by atoms with Gasteiger partial charge in [-0.15, -0.1) is 0 Å². The van der Waals surface area contributed by atoms with Crippen molar-refractivity contribution in [1.82, 2.24) is 4.98 Å². The van der Waals surface area contributed by atoms with Crippen molar-refractivity contribution in [3.8, 4) is 0 Å². The molecule has 1 rings (SSSR count). The molecular formula is C9H15N3O. The third kappa shape index (κ3) is 1.79. The molecule has 1 atom stereocenters. The quantitative estimate of drug-likeness (QED) is 0.622. The van der Waals surface area contributed by atoms with Crippen molar-refractivity contribution >= 4 is 5.69 Å². The SMILES string of the molecule is CCC(O)(CN)c1cnccc1N. The molecule has 0 aliphatic carbocycles. The van der Waals surface area contributed by atoms with Crippen molar-refractivity contribution in [3.63, 3.8) is 0 Å². The second kappa shape index (κ2) is 3.72. The molecule has 1 aromatic heterocycles. The summed E-state index contributed by atoms with van der Waals surface area (Å²) in [4.78, 5) is 3.91. The Morgan fingerprint density at radius 3 is 2.77 bits per heavy atom. The van der Waals surface area contributed by atoms with E-state index in [1.165, 1.54) is 0 Å². The molecule has 0 aromatic carbocycles. The lowest BCUT2D eigenvalue weighted by Crippen LogP contribution is -2.35. The van der Waals surface area contributed by atoms with Gasteiger partial charge >= 0.3 is 0 Å². The molecule has 0 bridgehead atoms. The highest BCUT2D eigenvalue weighted by Gasteiger charge is 2.27. The maximum absolute atomic E-state index is 10.0. The molecule has 0 aliphatic heterocycles. The van der Waals surface area contributed by atoms with Gasteiger partial charge in [-0.25, -0.2) is 0 Å². The lowest BCUT2D eigenvalue weighted by atomic mass is 9.91. The van der Waals surface area contributed by atoms with Gasteiger partial charge in [0.15, 0.2) is 0 Å². The van der Waals surface area contributed by atoms with Crippen LogP contribution in [0.5, 0.6) is 0 Å². The normalized spacial score (nSPS) is 15.3. The number of anilines is 1. The molecule has 0 amide bonds. The second-order valence-electron chi connectivity index (χ2n) is 3.05. The predicted molar refractivity (Wildman–Crippen MR) is 51.9 cm³/mol. The van der Waals surface area contributed by atoms with Crippen LogP contribution in [0, 0.1) is 0 Å². The van der Waals surface area contributed by atoms with Crippen LogP contribution in [0.2, 0.25) is 0 Å². The minimum atomic E-state index is -1.04. The van der Waals surface area contributed by atoms with Crippen molar-refractivity contribution in [2.24, 2.45) is 5.73 Å². The Morgan fingerprint density at radius 1 is 1.62 bits per heavy atom. The fraction of sp³-hybridized carbons (Fsp3) is 0.444. The second-order valence-corrected chi connectivity index (χ2v) is 3.05. The molecule has 1 aromatic rings. The monoisotopic (exact) mass is 181 g/mol. The lowest BCUT2D eigenvalue weighted by molar-refractivity contribution is 0.0423. The Bertz CT molecular complexity index is 284.